The molecule has 0 radical (unpaired) electrons. The molecule has 0 heterocycles. The SMILES string of the molecule is COc1cc(OC)cc(C(=O)NC(=S)Nc2cc(Cl)c([N+](=O)[O-])cc2C)c1. The molecule has 2 aromatic carbocycles. The number of nitro benzene ring substituents is 1. The van der Waals surface area contributed by atoms with Gasteiger partial charge in [0, 0.05) is 23.4 Å². The second-order valence-electron chi connectivity index (χ2n) is 5.39. The van der Waals surface area contributed by atoms with Gasteiger partial charge in [0.2, 0.25) is 0 Å². The quantitative estimate of drug-likeness (QED) is 0.441. The monoisotopic (exact) mass is 409 g/mol. The van der Waals surface area contributed by atoms with Crippen LogP contribution in [0.15, 0.2) is 30.3 Å². The predicted molar refractivity (Wildman–Crippen MR) is 106 cm³/mol. The number of thiocarbonyl (C=S) groups is 1. The molecule has 0 bridgehead atoms. The third-order valence-electron chi connectivity index (χ3n) is 3.58. The van der Waals surface area contributed by atoms with Gasteiger partial charge in [-0.2, -0.15) is 0 Å². The number of rotatable bonds is 5. The molecular formula is C17H16ClN3O5S. The van der Waals surface area contributed by atoms with E-state index in [1.165, 1.54) is 38.5 Å². The highest BCUT2D eigenvalue weighted by molar-refractivity contribution is 7.80. The average Bonchev–Trinajstić information content (AvgIpc) is 2.63. The number of hydrogen-bond acceptors (Lipinski definition) is 6. The molecule has 0 spiro atoms. The summed E-state index contributed by atoms with van der Waals surface area (Å²) in [6.07, 6.45) is 0. The van der Waals surface area contributed by atoms with Crippen LogP contribution in [0.3, 0.4) is 0 Å². The Morgan fingerprint density at radius 1 is 1.15 bits per heavy atom. The van der Waals surface area contributed by atoms with Gasteiger partial charge in [-0.25, -0.2) is 0 Å². The number of carbonyl (C=O) groups is 1. The summed E-state index contributed by atoms with van der Waals surface area (Å²) in [5.41, 5.74) is 1.07. The summed E-state index contributed by atoms with van der Waals surface area (Å²) in [5.74, 6) is 0.433. The fourth-order valence-electron chi connectivity index (χ4n) is 2.21. The zero-order valence-electron chi connectivity index (χ0n) is 14.7. The van der Waals surface area contributed by atoms with Crippen LogP contribution in [0.4, 0.5) is 11.4 Å². The van der Waals surface area contributed by atoms with E-state index in [0.717, 1.165) is 0 Å². The van der Waals surface area contributed by atoms with Crippen molar-refractivity contribution in [3.63, 3.8) is 0 Å². The van der Waals surface area contributed by atoms with Crippen molar-refractivity contribution in [2.75, 3.05) is 19.5 Å². The minimum absolute atomic E-state index is 0.00908. The molecule has 10 heteroatoms. The van der Waals surface area contributed by atoms with E-state index < -0.39 is 10.8 Å². The summed E-state index contributed by atoms with van der Waals surface area (Å²) >= 11 is 11.0. The standard InChI is InChI=1S/C17H16ClN3O5S/c1-9-4-15(21(23)24)13(18)8-14(9)19-17(27)20-16(22)10-5-11(25-2)7-12(6-10)26-3/h4-8H,1-3H3,(H2,19,20,22,27). The number of halogens is 1. The number of benzene rings is 2. The Morgan fingerprint density at radius 3 is 2.26 bits per heavy atom. The highest BCUT2D eigenvalue weighted by atomic mass is 35.5. The van der Waals surface area contributed by atoms with Crippen molar-refractivity contribution in [3.05, 3.63) is 56.6 Å². The van der Waals surface area contributed by atoms with Gasteiger partial charge in [0.25, 0.3) is 11.6 Å². The number of nitro groups is 1. The summed E-state index contributed by atoms with van der Waals surface area (Å²) in [6, 6.07) is 7.41. The van der Waals surface area contributed by atoms with E-state index in [2.05, 4.69) is 10.6 Å². The van der Waals surface area contributed by atoms with Gasteiger partial charge >= 0.3 is 0 Å². The molecule has 27 heavy (non-hydrogen) atoms. The van der Waals surface area contributed by atoms with E-state index in [1.54, 1.807) is 13.0 Å². The zero-order valence-corrected chi connectivity index (χ0v) is 16.2. The maximum absolute atomic E-state index is 12.4. The number of carbonyl (C=O) groups excluding carboxylic acids is 1. The lowest BCUT2D eigenvalue weighted by Crippen LogP contribution is -2.34. The fraction of sp³-hybridized carbons (Fsp3) is 0.176. The molecule has 1 amide bonds. The molecule has 2 N–H and O–H groups in total. The average molecular weight is 410 g/mol. The summed E-state index contributed by atoms with van der Waals surface area (Å²) in [4.78, 5) is 22.7. The van der Waals surface area contributed by atoms with E-state index in [9.17, 15) is 14.9 Å². The first kappa shape index (κ1) is 20.4. The van der Waals surface area contributed by atoms with Crippen LogP contribution < -0.4 is 20.1 Å². The predicted octanol–water partition coefficient (Wildman–Crippen LogP) is 3.70. The van der Waals surface area contributed by atoms with Gasteiger partial charge in [0.05, 0.1) is 19.1 Å². The molecule has 0 unspecified atom stereocenters. The van der Waals surface area contributed by atoms with Gasteiger partial charge in [-0.15, -0.1) is 0 Å². The topological polar surface area (TPSA) is 103 Å². The normalized spacial score (nSPS) is 10.1. The summed E-state index contributed by atoms with van der Waals surface area (Å²) in [6.45, 7) is 1.66. The molecule has 0 aliphatic carbocycles. The van der Waals surface area contributed by atoms with Gasteiger partial charge in [0.15, 0.2) is 5.11 Å². The Hall–Kier alpha value is -2.91. The largest absolute Gasteiger partial charge is 0.497 e. The highest BCUT2D eigenvalue weighted by Crippen LogP contribution is 2.30. The summed E-state index contributed by atoms with van der Waals surface area (Å²) < 4.78 is 10.3. The second-order valence-corrected chi connectivity index (χ2v) is 6.20. The van der Waals surface area contributed by atoms with Gasteiger partial charge in [-0.3, -0.25) is 20.2 Å². The molecule has 0 saturated heterocycles. The Balaban J connectivity index is 2.15. The first-order valence-corrected chi connectivity index (χ1v) is 8.33. The molecule has 0 saturated carbocycles. The lowest BCUT2D eigenvalue weighted by molar-refractivity contribution is -0.384. The van der Waals surface area contributed by atoms with E-state index >= 15 is 0 Å². The van der Waals surface area contributed by atoms with Crippen LogP contribution in [-0.4, -0.2) is 30.2 Å². The van der Waals surface area contributed by atoms with Crippen molar-refractivity contribution in [1.82, 2.24) is 5.32 Å². The molecule has 2 aromatic rings. The number of methoxy groups -OCH3 is 2. The van der Waals surface area contributed by atoms with Crippen LogP contribution in [0.25, 0.3) is 0 Å². The van der Waals surface area contributed by atoms with Gasteiger partial charge < -0.3 is 14.8 Å². The molecule has 0 aromatic heterocycles. The second kappa shape index (κ2) is 8.65. The first-order valence-electron chi connectivity index (χ1n) is 7.55. The lowest BCUT2D eigenvalue weighted by Gasteiger charge is -2.13. The van der Waals surface area contributed by atoms with Crippen LogP contribution in [0.2, 0.25) is 5.02 Å². The van der Waals surface area contributed by atoms with Crippen molar-refractivity contribution in [3.8, 4) is 11.5 Å². The van der Waals surface area contributed by atoms with Crippen molar-refractivity contribution < 1.29 is 19.2 Å². The minimum atomic E-state index is -0.574. The molecule has 8 nitrogen and oxygen atoms in total. The molecule has 2 rings (SSSR count). The Morgan fingerprint density at radius 2 is 1.74 bits per heavy atom. The van der Waals surface area contributed by atoms with Gasteiger partial charge in [0.1, 0.15) is 16.5 Å². The number of hydrogen-bond donors (Lipinski definition) is 2. The maximum Gasteiger partial charge on any atom is 0.288 e. The number of nitrogens with one attached hydrogen (secondary N) is 2. The molecule has 0 aliphatic rings. The number of aryl methyl sites for hydroxylation is 1. The molecule has 0 aliphatic heterocycles. The Kier molecular flexibility index (Phi) is 6.54. The van der Waals surface area contributed by atoms with Crippen molar-refractivity contribution in [2.45, 2.75) is 6.92 Å². The first-order chi connectivity index (χ1) is 12.7. The van der Waals surface area contributed by atoms with E-state index in [-0.39, 0.29) is 21.4 Å². The Bertz CT molecular complexity index is 897. The third-order valence-corrected chi connectivity index (χ3v) is 4.09. The smallest absolute Gasteiger partial charge is 0.288 e. The Labute approximate surface area is 165 Å². The molecule has 142 valence electrons. The molecular weight excluding hydrogens is 394 g/mol. The van der Waals surface area contributed by atoms with E-state index in [1.807, 2.05) is 0 Å². The summed E-state index contributed by atoms with van der Waals surface area (Å²) in [5, 5.41) is 16.2. The molecule has 0 atom stereocenters. The van der Waals surface area contributed by atoms with E-state index in [4.69, 9.17) is 33.3 Å². The number of nitrogens with zero attached hydrogens (tertiary/aromatic N) is 1. The van der Waals surface area contributed by atoms with Crippen LogP contribution in [0.5, 0.6) is 11.5 Å². The van der Waals surface area contributed by atoms with Crippen molar-refractivity contribution in [1.29, 1.82) is 0 Å². The number of anilines is 1. The van der Waals surface area contributed by atoms with Crippen LogP contribution >= 0.6 is 23.8 Å². The van der Waals surface area contributed by atoms with Gasteiger partial charge in [-0.05, 0) is 42.9 Å². The van der Waals surface area contributed by atoms with Crippen molar-refractivity contribution in [2.24, 2.45) is 0 Å². The zero-order chi connectivity index (χ0) is 20.1. The van der Waals surface area contributed by atoms with Crippen LogP contribution in [0, 0.1) is 17.0 Å². The number of ether oxygens (including phenoxy) is 2. The van der Waals surface area contributed by atoms with E-state index in [0.29, 0.717) is 22.7 Å². The van der Waals surface area contributed by atoms with Crippen LogP contribution in [-0.2, 0) is 0 Å². The fourth-order valence-corrected chi connectivity index (χ4v) is 2.64. The molecule has 0 fully saturated rings. The minimum Gasteiger partial charge on any atom is -0.497 e. The highest BCUT2D eigenvalue weighted by Gasteiger charge is 2.17. The lowest BCUT2D eigenvalue weighted by atomic mass is 10.1. The maximum atomic E-state index is 12.4. The third kappa shape index (κ3) is 5.05. The number of amides is 1. The van der Waals surface area contributed by atoms with Crippen molar-refractivity contribution >= 4 is 46.2 Å². The van der Waals surface area contributed by atoms with Gasteiger partial charge in [-0.1, -0.05) is 11.6 Å². The van der Waals surface area contributed by atoms with Crippen LogP contribution in [0.1, 0.15) is 15.9 Å². The summed E-state index contributed by atoms with van der Waals surface area (Å²) in [7, 11) is 2.95.